The van der Waals surface area contributed by atoms with Gasteiger partial charge in [-0.2, -0.15) is 0 Å². The molecule has 2 aromatic carbocycles. The number of nitrogens with two attached hydrogens (primary N) is 1. The van der Waals surface area contributed by atoms with E-state index in [1.165, 1.54) is 11.1 Å². The van der Waals surface area contributed by atoms with Crippen molar-refractivity contribution in [2.24, 2.45) is 5.73 Å². The molecule has 2 aromatic rings. The summed E-state index contributed by atoms with van der Waals surface area (Å²) >= 11 is 0. The highest BCUT2D eigenvalue weighted by molar-refractivity contribution is 5.38. The Morgan fingerprint density at radius 3 is 2.30 bits per heavy atom. The van der Waals surface area contributed by atoms with Crippen LogP contribution in [-0.2, 0) is 0 Å². The van der Waals surface area contributed by atoms with Crippen LogP contribution < -0.4 is 15.2 Å². The number of methoxy groups -OCH3 is 1. The van der Waals surface area contributed by atoms with Gasteiger partial charge in [-0.15, -0.1) is 0 Å². The standard InChI is InChI=1S/C17H21NO2/c1-12-8-13(2)10-14(9-12)20-17(11-18)15-6-4-5-7-16(15)19-3/h4-10,17H,11,18H2,1-3H3. The fourth-order valence-electron chi connectivity index (χ4n) is 2.34. The van der Waals surface area contributed by atoms with Gasteiger partial charge in [0.25, 0.3) is 0 Å². The lowest BCUT2D eigenvalue weighted by Gasteiger charge is -2.20. The summed E-state index contributed by atoms with van der Waals surface area (Å²) in [6.45, 7) is 4.51. The van der Waals surface area contributed by atoms with Crippen LogP contribution in [0.25, 0.3) is 0 Å². The Labute approximate surface area is 120 Å². The molecule has 2 N–H and O–H groups in total. The van der Waals surface area contributed by atoms with Crippen LogP contribution in [0.3, 0.4) is 0 Å². The summed E-state index contributed by atoms with van der Waals surface area (Å²) in [5, 5.41) is 0. The maximum atomic E-state index is 6.05. The van der Waals surface area contributed by atoms with Crippen LogP contribution >= 0.6 is 0 Å². The lowest BCUT2D eigenvalue weighted by molar-refractivity contribution is 0.208. The highest BCUT2D eigenvalue weighted by Gasteiger charge is 2.16. The minimum atomic E-state index is -0.215. The van der Waals surface area contributed by atoms with Gasteiger partial charge in [-0.05, 0) is 43.2 Å². The molecule has 3 heteroatoms. The van der Waals surface area contributed by atoms with Crippen LogP contribution in [0.4, 0.5) is 0 Å². The molecule has 0 radical (unpaired) electrons. The molecule has 0 fully saturated rings. The third-order valence-corrected chi connectivity index (χ3v) is 3.17. The number of hydrogen-bond donors (Lipinski definition) is 1. The van der Waals surface area contributed by atoms with Crippen molar-refractivity contribution in [2.45, 2.75) is 20.0 Å². The van der Waals surface area contributed by atoms with Gasteiger partial charge in [0.1, 0.15) is 17.6 Å². The topological polar surface area (TPSA) is 44.5 Å². The van der Waals surface area contributed by atoms with Crippen molar-refractivity contribution in [3.05, 3.63) is 59.2 Å². The molecule has 1 unspecified atom stereocenters. The summed E-state index contributed by atoms with van der Waals surface area (Å²) in [5.41, 5.74) is 9.19. The SMILES string of the molecule is COc1ccccc1C(CN)Oc1cc(C)cc(C)c1. The second-order valence-electron chi connectivity index (χ2n) is 4.91. The predicted octanol–water partition coefficient (Wildman–Crippen LogP) is 3.39. The molecule has 0 spiro atoms. The lowest BCUT2D eigenvalue weighted by atomic mass is 10.1. The first-order valence-corrected chi connectivity index (χ1v) is 6.72. The van der Waals surface area contributed by atoms with E-state index in [1.54, 1.807) is 7.11 Å². The third kappa shape index (κ3) is 3.31. The molecule has 0 aliphatic heterocycles. The van der Waals surface area contributed by atoms with Crippen LogP contribution in [-0.4, -0.2) is 13.7 Å². The van der Waals surface area contributed by atoms with Crippen molar-refractivity contribution >= 4 is 0 Å². The third-order valence-electron chi connectivity index (χ3n) is 3.17. The lowest BCUT2D eigenvalue weighted by Crippen LogP contribution is -2.19. The van der Waals surface area contributed by atoms with E-state index in [0.29, 0.717) is 6.54 Å². The van der Waals surface area contributed by atoms with E-state index in [4.69, 9.17) is 15.2 Å². The van der Waals surface area contributed by atoms with Crippen molar-refractivity contribution in [1.29, 1.82) is 0 Å². The predicted molar refractivity (Wildman–Crippen MR) is 81.3 cm³/mol. The van der Waals surface area contributed by atoms with Crippen LogP contribution in [0.15, 0.2) is 42.5 Å². The van der Waals surface area contributed by atoms with E-state index in [1.807, 2.05) is 36.4 Å². The smallest absolute Gasteiger partial charge is 0.139 e. The van der Waals surface area contributed by atoms with Gasteiger partial charge in [0.2, 0.25) is 0 Å². The minimum absolute atomic E-state index is 0.215. The summed E-state index contributed by atoms with van der Waals surface area (Å²) in [6.07, 6.45) is -0.215. The van der Waals surface area contributed by atoms with Crippen molar-refractivity contribution in [3.63, 3.8) is 0 Å². The number of benzene rings is 2. The first-order chi connectivity index (χ1) is 9.63. The maximum Gasteiger partial charge on any atom is 0.139 e. The van der Waals surface area contributed by atoms with Crippen LogP contribution in [0.1, 0.15) is 22.8 Å². The summed E-state index contributed by atoms with van der Waals surface area (Å²) in [4.78, 5) is 0. The van der Waals surface area contributed by atoms with Gasteiger partial charge in [-0.3, -0.25) is 0 Å². The average molecular weight is 271 g/mol. The normalized spacial score (nSPS) is 12.0. The number of ether oxygens (including phenoxy) is 2. The zero-order chi connectivity index (χ0) is 14.5. The maximum absolute atomic E-state index is 6.05. The second-order valence-corrected chi connectivity index (χ2v) is 4.91. The van der Waals surface area contributed by atoms with E-state index >= 15 is 0 Å². The Hall–Kier alpha value is -2.00. The van der Waals surface area contributed by atoms with Crippen LogP contribution in [0, 0.1) is 13.8 Å². The zero-order valence-electron chi connectivity index (χ0n) is 12.2. The van der Waals surface area contributed by atoms with Gasteiger partial charge >= 0.3 is 0 Å². The molecule has 1 atom stereocenters. The molecule has 0 saturated carbocycles. The van der Waals surface area contributed by atoms with Crippen LogP contribution in [0.2, 0.25) is 0 Å². The van der Waals surface area contributed by atoms with Gasteiger partial charge in [-0.25, -0.2) is 0 Å². The Bertz CT molecular complexity index is 561. The highest BCUT2D eigenvalue weighted by atomic mass is 16.5. The highest BCUT2D eigenvalue weighted by Crippen LogP contribution is 2.29. The van der Waals surface area contributed by atoms with Crippen molar-refractivity contribution < 1.29 is 9.47 Å². The minimum Gasteiger partial charge on any atom is -0.496 e. The molecule has 2 rings (SSSR count). The fourth-order valence-corrected chi connectivity index (χ4v) is 2.34. The molecule has 0 saturated heterocycles. The molecule has 0 aromatic heterocycles. The monoisotopic (exact) mass is 271 g/mol. The molecule has 3 nitrogen and oxygen atoms in total. The Morgan fingerprint density at radius 2 is 1.70 bits per heavy atom. The number of rotatable bonds is 5. The van der Waals surface area contributed by atoms with Crippen LogP contribution in [0.5, 0.6) is 11.5 Å². The van der Waals surface area contributed by atoms with E-state index in [-0.39, 0.29) is 6.10 Å². The first kappa shape index (κ1) is 14.4. The zero-order valence-corrected chi connectivity index (χ0v) is 12.2. The van der Waals surface area contributed by atoms with Gasteiger partial charge < -0.3 is 15.2 Å². The summed E-state index contributed by atoms with van der Waals surface area (Å²) in [7, 11) is 1.66. The van der Waals surface area contributed by atoms with E-state index in [0.717, 1.165) is 17.1 Å². The van der Waals surface area contributed by atoms with Gasteiger partial charge in [0.15, 0.2) is 0 Å². The molecule has 0 amide bonds. The molecule has 106 valence electrons. The summed E-state index contributed by atoms with van der Waals surface area (Å²) < 4.78 is 11.4. The number of hydrogen-bond acceptors (Lipinski definition) is 3. The summed E-state index contributed by atoms with van der Waals surface area (Å²) in [5.74, 6) is 1.64. The molecular weight excluding hydrogens is 250 g/mol. The number of aryl methyl sites for hydroxylation is 2. The van der Waals surface area contributed by atoms with Crippen molar-refractivity contribution in [1.82, 2.24) is 0 Å². The van der Waals surface area contributed by atoms with E-state index in [2.05, 4.69) is 19.9 Å². The molecule has 0 aliphatic rings. The molecular formula is C17H21NO2. The van der Waals surface area contributed by atoms with E-state index in [9.17, 15) is 0 Å². The van der Waals surface area contributed by atoms with Gasteiger partial charge in [0.05, 0.1) is 7.11 Å². The Kier molecular flexibility index (Phi) is 4.64. The molecule has 0 bridgehead atoms. The van der Waals surface area contributed by atoms with Crippen molar-refractivity contribution in [3.8, 4) is 11.5 Å². The molecule has 0 aliphatic carbocycles. The molecule has 20 heavy (non-hydrogen) atoms. The Balaban J connectivity index is 2.28. The number of para-hydroxylation sites is 1. The van der Waals surface area contributed by atoms with Crippen molar-refractivity contribution in [2.75, 3.05) is 13.7 Å². The molecule has 0 heterocycles. The van der Waals surface area contributed by atoms with Gasteiger partial charge in [-0.1, -0.05) is 24.3 Å². The quantitative estimate of drug-likeness (QED) is 0.906. The fraction of sp³-hybridized carbons (Fsp3) is 0.294. The Morgan fingerprint density at radius 1 is 1.05 bits per heavy atom. The van der Waals surface area contributed by atoms with Gasteiger partial charge in [0, 0.05) is 12.1 Å². The summed E-state index contributed by atoms with van der Waals surface area (Å²) in [6, 6.07) is 14.0. The van der Waals surface area contributed by atoms with E-state index < -0.39 is 0 Å². The average Bonchev–Trinajstić information content (AvgIpc) is 2.43. The largest absolute Gasteiger partial charge is 0.496 e. The second kappa shape index (κ2) is 6.44. The first-order valence-electron chi connectivity index (χ1n) is 6.72.